The average molecular weight is 977 g/mol. The lowest BCUT2D eigenvalue weighted by atomic mass is 9.12. The van der Waals surface area contributed by atoms with E-state index in [-0.39, 0.29) is 5.78 Å². The molecule has 0 unspecified atom stereocenters. The number of hydrogen-bond donors (Lipinski definition) is 0. The Bertz CT molecular complexity index is 2970. The van der Waals surface area contributed by atoms with E-state index in [4.69, 9.17) is 0 Å². The van der Waals surface area contributed by atoms with Crippen LogP contribution in [0.1, 0.15) is 10.4 Å². The van der Waals surface area contributed by atoms with Crippen LogP contribution in [0.15, 0.2) is 85.2 Å². The summed E-state index contributed by atoms with van der Waals surface area (Å²) in [6.45, 7) is 0.346. The van der Waals surface area contributed by atoms with E-state index in [1.165, 1.54) is 0 Å². The van der Waals surface area contributed by atoms with Crippen molar-refractivity contribution in [1.29, 1.82) is 0 Å². The van der Waals surface area contributed by atoms with Gasteiger partial charge in [-0.1, -0.05) is 54.6 Å². The molecule has 68 heavy (non-hydrogen) atoms. The fourth-order valence-corrected chi connectivity index (χ4v) is 7.97. The molecule has 350 valence electrons. The fraction of sp³-hybridized carbons (Fsp3) is 0.0222. The molecule has 0 saturated carbocycles. The van der Waals surface area contributed by atoms with Crippen molar-refractivity contribution in [3.8, 4) is 0 Å². The van der Waals surface area contributed by atoms with Crippen molar-refractivity contribution in [2.75, 3.05) is 0 Å². The number of nitrogens with zero attached hydrogens (tertiary/aromatic N) is 1. The van der Waals surface area contributed by atoms with Crippen molar-refractivity contribution >= 4 is 55.3 Å². The Hall–Kier alpha value is -7.46. The molecule has 0 radical (unpaired) electrons. The maximum Gasteiger partial charge on any atom is 0.228 e. The van der Waals surface area contributed by atoms with Crippen molar-refractivity contribution < 1.29 is 97.2 Å². The SMILES string of the molecule is Fc1c(F)c(F)c([B-](c2c(F)c(F)c(F)c(F)c2F)(c2c(F)c(F)c(F)c(F)c2F)c2c(F)c(F)c(F)c(F)c2F)c(F)c1F.O=C(C[n+]1ccccc1)c1c2ccccc2cc2ccccc12. The Labute approximate surface area is 365 Å². The molecule has 0 aliphatic rings. The lowest BCUT2D eigenvalue weighted by Gasteiger charge is -2.44. The van der Waals surface area contributed by atoms with E-state index in [1.54, 1.807) is 0 Å². The van der Waals surface area contributed by atoms with Gasteiger partial charge in [0, 0.05) is 17.7 Å². The van der Waals surface area contributed by atoms with E-state index in [0.29, 0.717) is 6.54 Å². The van der Waals surface area contributed by atoms with Gasteiger partial charge in [-0.2, -0.15) is 4.57 Å². The van der Waals surface area contributed by atoms with E-state index >= 15 is 35.1 Å². The van der Waals surface area contributed by atoms with Crippen LogP contribution < -0.4 is 26.4 Å². The summed E-state index contributed by atoms with van der Waals surface area (Å²) in [7, 11) is 0. The Kier molecular flexibility index (Phi) is 12.8. The second-order valence-electron chi connectivity index (χ2n) is 14.5. The summed E-state index contributed by atoms with van der Waals surface area (Å²) < 4.78 is 296. The molecular weight excluding hydrogens is 961 g/mol. The molecule has 1 heterocycles. The van der Waals surface area contributed by atoms with Gasteiger partial charge in [0.15, 0.2) is 82.2 Å². The molecule has 0 atom stereocenters. The van der Waals surface area contributed by atoms with E-state index in [9.17, 15) is 57.5 Å². The minimum absolute atomic E-state index is 0.134. The summed E-state index contributed by atoms with van der Waals surface area (Å²) in [5, 5.41) is 4.25. The predicted molar refractivity (Wildman–Crippen MR) is 202 cm³/mol. The molecule has 7 aromatic carbocycles. The topological polar surface area (TPSA) is 20.9 Å². The van der Waals surface area contributed by atoms with Crippen molar-refractivity contribution in [2.24, 2.45) is 0 Å². The van der Waals surface area contributed by atoms with Crippen LogP contribution in [0, 0.1) is 116 Å². The summed E-state index contributed by atoms with van der Waals surface area (Å²) >= 11 is 0. The second kappa shape index (κ2) is 18.0. The molecule has 0 aliphatic heterocycles. The number of hydrogen-bond acceptors (Lipinski definition) is 1. The van der Waals surface area contributed by atoms with Gasteiger partial charge in [0.1, 0.15) is 52.7 Å². The van der Waals surface area contributed by atoms with E-state index in [2.05, 4.69) is 18.2 Å². The van der Waals surface area contributed by atoms with E-state index in [0.717, 1.165) is 27.1 Å². The molecular formula is C45H16BF20NO. The Morgan fingerprint density at radius 1 is 0.338 bits per heavy atom. The molecule has 0 N–H and O–H groups in total. The van der Waals surface area contributed by atoms with Crippen molar-refractivity contribution in [3.05, 3.63) is 207 Å². The van der Waals surface area contributed by atoms with Gasteiger partial charge in [0.25, 0.3) is 0 Å². The van der Waals surface area contributed by atoms with Gasteiger partial charge in [-0.05, 0) is 27.6 Å². The lowest BCUT2D eigenvalue weighted by molar-refractivity contribution is -0.683. The average Bonchev–Trinajstić information content (AvgIpc) is 3.33. The molecule has 0 amide bonds. The van der Waals surface area contributed by atoms with Gasteiger partial charge in [0.05, 0.1) is 0 Å². The highest BCUT2D eigenvalue weighted by molar-refractivity contribution is 7.20. The molecule has 2 nitrogen and oxygen atoms in total. The lowest BCUT2D eigenvalue weighted by Crippen LogP contribution is -2.81. The highest BCUT2D eigenvalue weighted by Crippen LogP contribution is 2.32. The van der Waals surface area contributed by atoms with Crippen LogP contribution in [0.4, 0.5) is 87.8 Å². The number of carbonyl (C=O) groups excluding carboxylic acids is 1. The molecule has 8 aromatic rings. The summed E-state index contributed by atoms with van der Waals surface area (Å²) in [6.07, 6.45) is -3.37. The third-order valence-corrected chi connectivity index (χ3v) is 10.9. The number of fused-ring (bicyclic) bond motifs is 2. The number of Topliss-reactive ketones (excluding diaryl/α,β-unsaturated/α-hetero) is 1. The molecule has 0 bridgehead atoms. The Balaban J connectivity index is 0.000000246. The molecule has 0 aliphatic carbocycles. The largest absolute Gasteiger partial charge is 0.287 e. The van der Waals surface area contributed by atoms with Crippen molar-refractivity contribution in [2.45, 2.75) is 6.54 Å². The first kappa shape index (κ1) is 48.5. The third kappa shape index (κ3) is 7.34. The standard InChI is InChI=1S/C24BF20.C21H16NO/c26-5-1(6(27)14(35)21(42)13(5)34)25(2-7(28)15(36)22(43)16(37)8(2)29,3-9(30)17(38)23(44)18(39)10(3)31)4-11(32)19(40)24(45)20(41)12(4)33;23-20(15-22-12-6-1-7-13-22)21-18-10-4-2-8-16(18)14-17-9-3-5-11-19(17)21/h;1-14H,15H2/q-1;+1. The van der Waals surface area contributed by atoms with Crippen LogP contribution in [0.25, 0.3) is 21.5 Å². The van der Waals surface area contributed by atoms with Crippen LogP contribution >= 0.6 is 0 Å². The smallest absolute Gasteiger partial charge is 0.228 e. The number of aromatic nitrogens is 1. The van der Waals surface area contributed by atoms with E-state index < -0.39 is 144 Å². The molecule has 8 rings (SSSR count). The van der Waals surface area contributed by atoms with Crippen molar-refractivity contribution in [3.63, 3.8) is 0 Å². The number of ketones is 1. The number of carbonyl (C=O) groups is 1. The van der Waals surface area contributed by atoms with Gasteiger partial charge in [0.2, 0.25) is 12.3 Å². The second-order valence-corrected chi connectivity index (χ2v) is 14.5. The first-order chi connectivity index (χ1) is 32.0. The maximum atomic E-state index is 15.4. The summed E-state index contributed by atoms with van der Waals surface area (Å²) in [4.78, 5) is 13.0. The first-order valence-corrected chi connectivity index (χ1v) is 18.6. The fourth-order valence-electron chi connectivity index (χ4n) is 7.97. The highest BCUT2D eigenvalue weighted by Gasteiger charge is 2.52. The van der Waals surface area contributed by atoms with Gasteiger partial charge in [-0.25, -0.2) is 87.8 Å². The third-order valence-electron chi connectivity index (χ3n) is 10.9. The zero-order chi connectivity index (χ0) is 50.0. The number of rotatable bonds is 7. The maximum absolute atomic E-state index is 15.4. The van der Waals surface area contributed by atoms with Crippen LogP contribution in [-0.2, 0) is 6.54 Å². The molecule has 1 aromatic heterocycles. The molecule has 0 saturated heterocycles. The van der Waals surface area contributed by atoms with Gasteiger partial charge in [-0.3, -0.25) is 4.79 Å². The Morgan fingerprint density at radius 3 is 0.868 bits per heavy atom. The summed E-state index contributed by atoms with van der Waals surface area (Å²) in [6, 6.07) is 24.2. The normalized spacial score (nSPS) is 11.6. The molecule has 23 heteroatoms. The van der Waals surface area contributed by atoms with Gasteiger partial charge >= 0.3 is 0 Å². The quantitative estimate of drug-likeness (QED) is 0.0297. The zero-order valence-electron chi connectivity index (χ0n) is 32.8. The van der Waals surface area contributed by atoms with Crippen LogP contribution in [0.3, 0.4) is 0 Å². The minimum atomic E-state index is -7.22. The van der Waals surface area contributed by atoms with Crippen LogP contribution in [0.2, 0.25) is 0 Å². The highest BCUT2D eigenvalue weighted by atomic mass is 19.2. The number of halogens is 20. The summed E-state index contributed by atoms with van der Waals surface area (Å²) in [5.74, 6) is -71.3. The monoisotopic (exact) mass is 977 g/mol. The van der Waals surface area contributed by atoms with Crippen LogP contribution in [-0.4, -0.2) is 11.9 Å². The summed E-state index contributed by atoms with van der Waals surface area (Å²) in [5.41, 5.74) is -13.5. The first-order valence-electron chi connectivity index (χ1n) is 18.6. The Morgan fingerprint density at radius 2 is 0.588 bits per heavy atom. The van der Waals surface area contributed by atoms with Crippen molar-refractivity contribution in [1.82, 2.24) is 0 Å². The number of pyridine rings is 1. The predicted octanol–water partition coefficient (Wildman–Crippen LogP) is 10.0. The molecule has 0 spiro atoms. The number of benzene rings is 7. The zero-order valence-corrected chi connectivity index (χ0v) is 32.8. The van der Waals surface area contributed by atoms with E-state index in [1.807, 2.05) is 71.6 Å². The van der Waals surface area contributed by atoms with Gasteiger partial charge in [-0.15, -0.1) is 21.9 Å². The molecule has 0 fully saturated rings. The minimum Gasteiger partial charge on any atom is -0.287 e. The van der Waals surface area contributed by atoms with Gasteiger partial charge < -0.3 is 0 Å². The van der Waals surface area contributed by atoms with Crippen LogP contribution in [0.5, 0.6) is 0 Å².